The molecular formula is C22H23FN2O3. The SMILES string of the molecule is Cc1cc(C(C)(C)C)oc1C(=O)N1CCc2onc(-c3ccccc3F)c2C1. The van der Waals surface area contributed by atoms with Gasteiger partial charge in [0, 0.05) is 35.1 Å². The lowest BCUT2D eigenvalue weighted by Gasteiger charge is -2.26. The van der Waals surface area contributed by atoms with Crippen LogP contribution in [0.2, 0.25) is 0 Å². The van der Waals surface area contributed by atoms with Crippen molar-refractivity contribution in [2.45, 2.75) is 46.1 Å². The average Bonchev–Trinajstić information content (AvgIpc) is 3.24. The Labute approximate surface area is 163 Å². The Bertz CT molecular complexity index is 1040. The molecule has 0 atom stereocenters. The van der Waals surface area contributed by atoms with Gasteiger partial charge in [0.2, 0.25) is 0 Å². The number of amides is 1. The zero-order valence-electron chi connectivity index (χ0n) is 16.5. The maximum Gasteiger partial charge on any atom is 0.290 e. The Balaban J connectivity index is 1.65. The van der Waals surface area contributed by atoms with E-state index in [0.717, 1.165) is 16.9 Å². The van der Waals surface area contributed by atoms with Crippen LogP contribution in [0, 0.1) is 12.7 Å². The van der Waals surface area contributed by atoms with Gasteiger partial charge in [-0.25, -0.2) is 4.39 Å². The van der Waals surface area contributed by atoms with Crippen LogP contribution in [-0.2, 0) is 18.4 Å². The van der Waals surface area contributed by atoms with E-state index >= 15 is 0 Å². The van der Waals surface area contributed by atoms with Gasteiger partial charge in [0.15, 0.2) is 5.76 Å². The molecule has 0 fully saturated rings. The summed E-state index contributed by atoms with van der Waals surface area (Å²) in [5, 5.41) is 4.07. The summed E-state index contributed by atoms with van der Waals surface area (Å²) in [5.74, 6) is 1.31. The highest BCUT2D eigenvalue weighted by molar-refractivity contribution is 5.93. The minimum Gasteiger partial charge on any atom is -0.455 e. The van der Waals surface area contributed by atoms with Crippen LogP contribution in [0.25, 0.3) is 11.3 Å². The first-order valence-corrected chi connectivity index (χ1v) is 9.38. The number of carbonyl (C=O) groups is 1. The number of halogens is 1. The molecule has 3 aromatic rings. The number of hydrogen-bond acceptors (Lipinski definition) is 4. The summed E-state index contributed by atoms with van der Waals surface area (Å²) < 4.78 is 25.6. The molecule has 146 valence electrons. The van der Waals surface area contributed by atoms with Crippen molar-refractivity contribution < 1.29 is 18.1 Å². The molecule has 0 saturated carbocycles. The summed E-state index contributed by atoms with van der Waals surface area (Å²) in [6.45, 7) is 8.83. The molecule has 0 unspecified atom stereocenters. The minimum absolute atomic E-state index is 0.167. The van der Waals surface area contributed by atoms with Gasteiger partial charge in [0.05, 0.1) is 6.54 Å². The molecule has 4 rings (SSSR count). The second-order valence-electron chi connectivity index (χ2n) is 8.26. The third-order valence-electron chi connectivity index (χ3n) is 5.09. The number of rotatable bonds is 2. The standard InChI is InChI=1S/C22H23FN2O3/c1-13-11-18(22(2,3)4)27-20(13)21(26)25-10-9-17-15(12-25)19(24-28-17)14-7-5-6-8-16(14)23/h5-8,11H,9-10,12H2,1-4H3. The van der Waals surface area contributed by atoms with Crippen LogP contribution in [-0.4, -0.2) is 22.5 Å². The number of furan rings is 1. The van der Waals surface area contributed by atoms with Crippen LogP contribution < -0.4 is 0 Å². The van der Waals surface area contributed by atoms with E-state index in [1.54, 1.807) is 23.1 Å². The van der Waals surface area contributed by atoms with Gasteiger partial charge < -0.3 is 13.8 Å². The molecule has 0 radical (unpaired) electrons. The predicted molar refractivity (Wildman–Crippen MR) is 102 cm³/mol. The lowest BCUT2D eigenvalue weighted by Crippen LogP contribution is -2.35. The van der Waals surface area contributed by atoms with Crippen molar-refractivity contribution >= 4 is 5.91 Å². The summed E-state index contributed by atoms with van der Waals surface area (Å²) >= 11 is 0. The van der Waals surface area contributed by atoms with Gasteiger partial charge >= 0.3 is 0 Å². The third-order valence-corrected chi connectivity index (χ3v) is 5.09. The van der Waals surface area contributed by atoms with E-state index in [2.05, 4.69) is 5.16 Å². The first-order valence-electron chi connectivity index (χ1n) is 9.38. The van der Waals surface area contributed by atoms with Gasteiger partial charge in [0.1, 0.15) is 23.0 Å². The van der Waals surface area contributed by atoms with Gasteiger partial charge in [-0.3, -0.25) is 4.79 Å². The van der Waals surface area contributed by atoms with Gasteiger partial charge in [-0.2, -0.15) is 0 Å². The Morgan fingerprint density at radius 1 is 1.25 bits per heavy atom. The number of aryl methyl sites for hydroxylation is 1. The fourth-order valence-corrected chi connectivity index (χ4v) is 3.45. The van der Waals surface area contributed by atoms with Crippen molar-refractivity contribution in [3.8, 4) is 11.3 Å². The van der Waals surface area contributed by atoms with E-state index in [9.17, 15) is 9.18 Å². The zero-order valence-corrected chi connectivity index (χ0v) is 16.5. The predicted octanol–water partition coefficient (Wildman–Crippen LogP) is 4.88. The fraction of sp³-hybridized carbons (Fsp3) is 0.364. The molecule has 2 aromatic heterocycles. The number of hydrogen-bond donors (Lipinski definition) is 0. The van der Waals surface area contributed by atoms with Gasteiger partial charge in [-0.05, 0) is 25.1 Å². The molecule has 1 amide bonds. The van der Waals surface area contributed by atoms with Crippen molar-refractivity contribution in [2.24, 2.45) is 0 Å². The van der Waals surface area contributed by atoms with Crippen LogP contribution in [0.4, 0.5) is 4.39 Å². The number of benzene rings is 1. The number of aromatic nitrogens is 1. The maximum atomic E-state index is 14.2. The zero-order chi connectivity index (χ0) is 20.1. The molecule has 6 heteroatoms. The molecule has 0 aliphatic carbocycles. The van der Waals surface area contributed by atoms with E-state index in [1.807, 2.05) is 33.8 Å². The highest BCUT2D eigenvalue weighted by Gasteiger charge is 2.32. The van der Waals surface area contributed by atoms with Crippen LogP contribution >= 0.6 is 0 Å². The minimum atomic E-state index is -0.362. The molecule has 1 aromatic carbocycles. The second kappa shape index (κ2) is 6.62. The van der Waals surface area contributed by atoms with Gasteiger partial charge in [0.25, 0.3) is 5.91 Å². The summed E-state index contributed by atoms with van der Waals surface area (Å²) in [7, 11) is 0. The molecule has 28 heavy (non-hydrogen) atoms. The summed E-state index contributed by atoms with van der Waals surface area (Å²) in [5.41, 5.74) is 2.23. The smallest absolute Gasteiger partial charge is 0.290 e. The van der Waals surface area contributed by atoms with E-state index in [0.29, 0.717) is 42.3 Å². The van der Waals surface area contributed by atoms with Crippen LogP contribution in [0.5, 0.6) is 0 Å². The van der Waals surface area contributed by atoms with Crippen molar-refractivity contribution in [1.29, 1.82) is 0 Å². The molecule has 1 aliphatic rings. The monoisotopic (exact) mass is 382 g/mol. The molecule has 3 heterocycles. The molecule has 0 spiro atoms. The Morgan fingerprint density at radius 3 is 2.68 bits per heavy atom. The van der Waals surface area contributed by atoms with Crippen LogP contribution in [0.3, 0.4) is 0 Å². The van der Waals surface area contributed by atoms with Gasteiger partial charge in [-0.1, -0.05) is 38.1 Å². The molecular weight excluding hydrogens is 359 g/mol. The quantitative estimate of drug-likeness (QED) is 0.634. The molecule has 5 nitrogen and oxygen atoms in total. The van der Waals surface area contributed by atoms with E-state index in [1.165, 1.54) is 6.07 Å². The second-order valence-corrected chi connectivity index (χ2v) is 8.26. The fourth-order valence-electron chi connectivity index (χ4n) is 3.45. The van der Waals surface area contributed by atoms with E-state index < -0.39 is 0 Å². The highest BCUT2D eigenvalue weighted by atomic mass is 19.1. The first-order chi connectivity index (χ1) is 13.3. The number of fused-ring (bicyclic) bond motifs is 1. The van der Waals surface area contributed by atoms with Crippen molar-refractivity contribution in [3.63, 3.8) is 0 Å². The largest absolute Gasteiger partial charge is 0.455 e. The normalized spacial score (nSPS) is 14.2. The van der Waals surface area contributed by atoms with Crippen molar-refractivity contribution in [2.75, 3.05) is 6.54 Å². The summed E-state index contributed by atoms with van der Waals surface area (Å²) in [6, 6.07) is 8.37. The Kier molecular flexibility index (Phi) is 4.37. The summed E-state index contributed by atoms with van der Waals surface area (Å²) in [4.78, 5) is 14.8. The molecule has 0 N–H and O–H groups in total. The number of carbonyl (C=O) groups excluding carboxylic acids is 1. The van der Waals surface area contributed by atoms with Gasteiger partial charge in [-0.15, -0.1) is 0 Å². The van der Waals surface area contributed by atoms with Crippen LogP contribution in [0.1, 0.15) is 54.0 Å². The Hall–Kier alpha value is -2.89. The molecule has 1 aliphatic heterocycles. The van der Waals surface area contributed by atoms with E-state index in [4.69, 9.17) is 8.94 Å². The average molecular weight is 382 g/mol. The molecule has 0 bridgehead atoms. The lowest BCUT2D eigenvalue weighted by molar-refractivity contribution is 0.0692. The van der Waals surface area contributed by atoms with Crippen molar-refractivity contribution in [3.05, 3.63) is 64.6 Å². The topological polar surface area (TPSA) is 59.5 Å². The Morgan fingerprint density at radius 2 is 2.00 bits per heavy atom. The maximum absolute atomic E-state index is 14.2. The van der Waals surface area contributed by atoms with E-state index in [-0.39, 0.29) is 17.1 Å². The van der Waals surface area contributed by atoms with Crippen LogP contribution in [0.15, 0.2) is 39.3 Å². The summed E-state index contributed by atoms with van der Waals surface area (Å²) in [6.07, 6.45) is 0.536. The third kappa shape index (κ3) is 3.13. The first kappa shape index (κ1) is 18.5. The highest BCUT2D eigenvalue weighted by Crippen LogP contribution is 2.33. The molecule has 0 saturated heterocycles. The van der Waals surface area contributed by atoms with Crippen molar-refractivity contribution in [1.82, 2.24) is 10.1 Å². The number of nitrogens with zero attached hydrogens (tertiary/aromatic N) is 2. The lowest BCUT2D eigenvalue weighted by atomic mass is 9.93.